The van der Waals surface area contributed by atoms with Crippen molar-refractivity contribution in [1.82, 2.24) is 10.3 Å². The molecule has 172 valence electrons. The van der Waals surface area contributed by atoms with E-state index in [1.807, 2.05) is 11.8 Å². The summed E-state index contributed by atoms with van der Waals surface area (Å²) < 4.78 is 0. The lowest BCUT2D eigenvalue weighted by Crippen LogP contribution is -2.34. The highest BCUT2D eigenvalue weighted by atomic mass is 32.1. The molecular formula is C27H31N3O2S. The van der Waals surface area contributed by atoms with E-state index in [1.54, 1.807) is 11.3 Å². The van der Waals surface area contributed by atoms with E-state index in [1.165, 1.54) is 16.7 Å². The molecule has 0 saturated carbocycles. The van der Waals surface area contributed by atoms with Crippen LogP contribution in [0.3, 0.4) is 0 Å². The number of aromatic nitrogens is 1. The van der Waals surface area contributed by atoms with Crippen molar-refractivity contribution < 1.29 is 9.59 Å². The number of anilines is 1. The van der Waals surface area contributed by atoms with Gasteiger partial charge in [0, 0.05) is 36.1 Å². The van der Waals surface area contributed by atoms with Crippen LogP contribution in [0.1, 0.15) is 42.0 Å². The lowest BCUT2D eigenvalue weighted by Gasteiger charge is -2.23. The highest BCUT2D eigenvalue weighted by Gasteiger charge is 2.36. The molecule has 0 radical (unpaired) electrons. The summed E-state index contributed by atoms with van der Waals surface area (Å²) in [5.41, 5.74) is 6.62. The van der Waals surface area contributed by atoms with Crippen LogP contribution < -0.4 is 10.2 Å². The van der Waals surface area contributed by atoms with Crippen molar-refractivity contribution in [2.45, 2.75) is 46.5 Å². The second-order valence-electron chi connectivity index (χ2n) is 8.53. The van der Waals surface area contributed by atoms with Crippen LogP contribution in [0.2, 0.25) is 0 Å². The van der Waals surface area contributed by atoms with Crippen molar-refractivity contribution in [3.8, 4) is 11.3 Å². The SMILES string of the molecule is CCc1cccc(CC)c1N1CC(C(=O)NCCc2ccc(-c3csc(C)n3)cc2)CC1=O. The molecule has 1 unspecified atom stereocenters. The molecule has 1 saturated heterocycles. The summed E-state index contributed by atoms with van der Waals surface area (Å²) in [4.78, 5) is 32.0. The monoisotopic (exact) mass is 461 g/mol. The lowest BCUT2D eigenvalue weighted by molar-refractivity contribution is -0.126. The number of aryl methyl sites for hydroxylation is 3. The van der Waals surface area contributed by atoms with E-state index >= 15 is 0 Å². The molecule has 6 heteroatoms. The molecule has 1 aliphatic rings. The number of para-hydroxylation sites is 1. The van der Waals surface area contributed by atoms with Gasteiger partial charge in [-0.15, -0.1) is 11.3 Å². The van der Waals surface area contributed by atoms with Crippen molar-refractivity contribution in [3.05, 3.63) is 69.5 Å². The van der Waals surface area contributed by atoms with E-state index in [0.717, 1.165) is 41.2 Å². The van der Waals surface area contributed by atoms with Gasteiger partial charge in [-0.3, -0.25) is 9.59 Å². The molecule has 2 aromatic carbocycles. The van der Waals surface area contributed by atoms with Gasteiger partial charge in [0.15, 0.2) is 0 Å². The molecule has 0 spiro atoms. The first-order valence-corrected chi connectivity index (χ1v) is 12.6. The molecule has 1 aliphatic heterocycles. The normalized spacial score (nSPS) is 15.8. The van der Waals surface area contributed by atoms with E-state index in [9.17, 15) is 9.59 Å². The summed E-state index contributed by atoms with van der Waals surface area (Å²) in [6, 6.07) is 14.5. The zero-order valence-electron chi connectivity index (χ0n) is 19.6. The number of thiazole rings is 1. The Labute approximate surface area is 199 Å². The second kappa shape index (κ2) is 10.3. The van der Waals surface area contributed by atoms with Crippen LogP contribution in [-0.2, 0) is 28.9 Å². The maximum atomic E-state index is 12.8. The fourth-order valence-corrected chi connectivity index (χ4v) is 5.10. The molecule has 3 aromatic rings. The molecule has 1 aromatic heterocycles. The maximum absolute atomic E-state index is 12.8. The van der Waals surface area contributed by atoms with E-state index in [4.69, 9.17) is 0 Å². The Hall–Kier alpha value is -2.99. The number of hydrogen-bond acceptors (Lipinski definition) is 4. The van der Waals surface area contributed by atoms with E-state index in [0.29, 0.717) is 13.1 Å². The molecule has 2 amide bonds. The zero-order valence-corrected chi connectivity index (χ0v) is 20.4. The Balaban J connectivity index is 1.33. The van der Waals surface area contributed by atoms with Crippen LogP contribution in [0.4, 0.5) is 5.69 Å². The molecule has 4 rings (SSSR count). The first-order chi connectivity index (χ1) is 16.0. The number of carbonyl (C=O) groups is 2. The third kappa shape index (κ3) is 5.17. The molecule has 2 heterocycles. The standard InChI is InChI=1S/C27H31N3O2S/c1-4-20-7-6-8-21(5-2)26(20)30-16-23(15-25(30)31)27(32)28-14-13-19-9-11-22(12-10-19)24-17-33-18(3)29-24/h6-12,17,23H,4-5,13-16H2,1-3H3,(H,28,32). The smallest absolute Gasteiger partial charge is 0.227 e. The third-order valence-corrected chi connectivity index (χ3v) is 7.09. The van der Waals surface area contributed by atoms with Crippen LogP contribution in [0.5, 0.6) is 0 Å². The predicted molar refractivity (Wildman–Crippen MR) is 135 cm³/mol. The topological polar surface area (TPSA) is 62.3 Å². The largest absolute Gasteiger partial charge is 0.355 e. The number of nitrogens with zero attached hydrogens (tertiary/aromatic N) is 2. The van der Waals surface area contributed by atoms with Crippen molar-refractivity contribution in [1.29, 1.82) is 0 Å². The van der Waals surface area contributed by atoms with E-state index < -0.39 is 0 Å². The zero-order chi connectivity index (χ0) is 23.4. The van der Waals surface area contributed by atoms with Gasteiger partial charge in [-0.25, -0.2) is 4.98 Å². The number of hydrogen-bond donors (Lipinski definition) is 1. The Morgan fingerprint density at radius 2 is 1.82 bits per heavy atom. The Morgan fingerprint density at radius 1 is 1.12 bits per heavy atom. The number of nitrogens with one attached hydrogen (secondary N) is 1. The van der Waals surface area contributed by atoms with E-state index in [-0.39, 0.29) is 24.2 Å². The maximum Gasteiger partial charge on any atom is 0.227 e. The fourth-order valence-electron chi connectivity index (χ4n) is 4.47. The number of carbonyl (C=O) groups excluding carboxylic acids is 2. The molecule has 1 fully saturated rings. The van der Waals surface area contributed by atoms with Crippen LogP contribution in [0, 0.1) is 12.8 Å². The molecular weight excluding hydrogens is 430 g/mol. The van der Waals surface area contributed by atoms with Gasteiger partial charge in [0.25, 0.3) is 0 Å². The minimum Gasteiger partial charge on any atom is -0.355 e. The minimum absolute atomic E-state index is 0.0348. The van der Waals surface area contributed by atoms with Crippen LogP contribution in [0.15, 0.2) is 47.8 Å². The van der Waals surface area contributed by atoms with Gasteiger partial charge in [0.05, 0.1) is 16.6 Å². The fraction of sp³-hybridized carbons (Fsp3) is 0.370. The Kier molecular flexibility index (Phi) is 7.23. The number of rotatable bonds is 8. The van der Waals surface area contributed by atoms with Crippen LogP contribution >= 0.6 is 11.3 Å². The summed E-state index contributed by atoms with van der Waals surface area (Å²) >= 11 is 1.65. The number of benzene rings is 2. The molecule has 0 aliphatic carbocycles. The number of amides is 2. The third-order valence-electron chi connectivity index (χ3n) is 6.31. The van der Waals surface area contributed by atoms with Gasteiger partial charge in [-0.05, 0) is 42.9 Å². The average molecular weight is 462 g/mol. The highest BCUT2D eigenvalue weighted by molar-refractivity contribution is 7.09. The minimum atomic E-state index is -0.303. The van der Waals surface area contributed by atoms with E-state index in [2.05, 4.69) is 72.0 Å². The van der Waals surface area contributed by atoms with Gasteiger partial charge >= 0.3 is 0 Å². The summed E-state index contributed by atoms with van der Waals surface area (Å²) in [6.07, 6.45) is 2.76. The van der Waals surface area contributed by atoms with Crippen molar-refractivity contribution >= 4 is 28.8 Å². The highest BCUT2D eigenvalue weighted by Crippen LogP contribution is 2.32. The van der Waals surface area contributed by atoms with Gasteiger partial charge in [-0.1, -0.05) is 56.3 Å². The van der Waals surface area contributed by atoms with Crippen molar-refractivity contribution in [3.63, 3.8) is 0 Å². The first kappa shape index (κ1) is 23.2. The molecule has 0 bridgehead atoms. The Morgan fingerprint density at radius 3 is 2.42 bits per heavy atom. The molecule has 33 heavy (non-hydrogen) atoms. The van der Waals surface area contributed by atoms with Gasteiger partial charge < -0.3 is 10.2 Å². The van der Waals surface area contributed by atoms with Crippen molar-refractivity contribution in [2.75, 3.05) is 18.0 Å². The summed E-state index contributed by atoms with van der Waals surface area (Å²) in [5.74, 6) is -0.298. The van der Waals surface area contributed by atoms with Gasteiger partial charge in [0.1, 0.15) is 0 Å². The molecule has 1 atom stereocenters. The quantitative estimate of drug-likeness (QED) is 0.516. The van der Waals surface area contributed by atoms with Gasteiger partial charge in [-0.2, -0.15) is 0 Å². The molecule has 1 N–H and O–H groups in total. The summed E-state index contributed by atoms with van der Waals surface area (Å²) in [7, 11) is 0. The predicted octanol–water partition coefficient (Wildman–Crippen LogP) is 4.96. The Bertz CT molecular complexity index is 1110. The lowest BCUT2D eigenvalue weighted by atomic mass is 10.0. The first-order valence-electron chi connectivity index (χ1n) is 11.7. The summed E-state index contributed by atoms with van der Waals surface area (Å²) in [6.45, 7) is 7.23. The van der Waals surface area contributed by atoms with Crippen LogP contribution in [0.25, 0.3) is 11.3 Å². The molecule has 5 nitrogen and oxygen atoms in total. The second-order valence-corrected chi connectivity index (χ2v) is 9.59. The van der Waals surface area contributed by atoms with Crippen LogP contribution in [-0.4, -0.2) is 29.9 Å². The van der Waals surface area contributed by atoms with Crippen molar-refractivity contribution in [2.24, 2.45) is 5.92 Å². The average Bonchev–Trinajstić information content (AvgIpc) is 3.44. The van der Waals surface area contributed by atoms with Gasteiger partial charge in [0.2, 0.25) is 11.8 Å². The summed E-state index contributed by atoms with van der Waals surface area (Å²) in [5, 5.41) is 6.17.